The number of nitrogens with zero attached hydrogens (tertiary/aromatic N) is 2. The first-order chi connectivity index (χ1) is 13.3. The minimum Gasteiger partial charge on any atom is -0.357 e. The predicted molar refractivity (Wildman–Crippen MR) is 128 cm³/mol. The lowest BCUT2D eigenvalue weighted by Gasteiger charge is -2.24. The van der Waals surface area contributed by atoms with E-state index in [0.717, 1.165) is 13.1 Å². The summed E-state index contributed by atoms with van der Waals surface area (Å²) < 4.78 is 36.9. The molecule has 0 aromatic heterocycles. The molecule has 1 aliphatic rings. The highest BCUT2D eigenvalue weighted by Gasteiger charge is 2.18. The Morgan fingerprint density at radius 1 is 1.24 bits per heavy atom. The van der Waals surface area contributed by atoms with Crippen LogP contribution in [0.3, 0.4) is 0 Å². The van der Waals surface area contributed by atoms with Crippen LogP contribution < -0.4 is 10.6 Å². The number of halogens is 2. The highest BCUT2D eigenvalue weighted by Crippen LogP contribution is 2.21. The standard InChI is InChI=1S/C20H33FN4O2S.HI/c1-4-22-20(23-11-12-25(2)19-7-5-6-8-19)24-14-17-13-18(21)10-9-16(17)15-28(3,26)27;/h9-10,13,19H,4-8,11-12,14-15H2,1-3H3,(H2,22,23,24);1H. The second-order valence-electron chi connectivity index (χ2n) is 7.52. The summed E-state index contributed by atoms with van der Waals surface area (Å²) >= 11 is 0. The van der Waals surface area contributed by atoms with E-state index >= 15 is 0 Å². The van der Waals surface area contributed by atoms with Gasteiger partial charge in [0.15, 0.2) is 15.8 Å². The van der Waals surface area contributed by atoms with Gasteiger partial charge >= 0.3 is 0 Å². The van der Waals surface area contributed by atoms with Crippen molar-refractivity contribution in [3.05, 3.63) is 35.1 Å². The van der Waals surface area contributed by atoms with Crippen LogP contribution in [0, 0.1) is 5.82 Å². The van der Waals surface area contributed by atoms with Crippen molar-refractivity contribution < 1.29 is 12.8 Å². The van der Waals surface area contributed by atoms with Crippen LogP contribution in [-0.2, 0) is 22.1 Å². The lowest BCUT2D eigenvalue weighted by molar-refractivity contribution is 0.249. The van der Waals surface area contributed by atoms with Crippen LogP contribution in [0.2, 0.25) is 0 Å². The maximum atomic E-state index is 13.7. The van der Waals surface area contributed by atoms with Crippen LogP contribution in [0.25, 0.3) is 0 Å². The Balaban J connectivity index is 0.00000420. The molecule has 2 rings (SSSR count). The van der Waals surface area contributed by atoms with Gasteiger partial charge in [-0.3, -0.25) is 0 Å². The Bertz CT molecular complexity index is 768. The molecule has 1 aliphatic carbocycles. The summed E-state index contributed by atoms with van der Waals surface area (Å²) in [6.07, 6.45) is 6.35. The summed E-state index contributed by atoms with van der Waals surface area (Å²) in [5, 5.41) is 6.50. The smallest absolute Gasteiger partial charge is 0.191 e. The molecule has 1 aromatic rings. The minimum absolute atomic E-state index is 0. The van der Waals surface area contributed by atoms with Gasteiger partial charge in [0.1, 0.15) is 5.82 Å². The molecule has 166 valence electrons. The van der Waals surface area contributed by atoms with Gasteiger partial charge in [0.2, 0.25) is 0 Å². The zero-order valence-electron chi connectivity index (χ0n) is 17.6. The van der Waals surface area contributed by atoms with Gasteiger partial charge in [-0.1, -0.05) is 18.9 Å². The van der Waals surface area contributed by atoms with E-state index in [9.17, 15) is 12.8 Å². The van der Waals surface area contributed by atoms with Crippen LogP contribution in [0.15, 0.2) is 23.2 Å². The third kappa shape index (κ3) is 9.61. The highest BCUT2D eigenvalue weighted by atomic mass is 127. The molecular formula is C20H34FIN4O2S. The largest absolute Gasteiger partial charge is 0.357 e. The van der Waals surface area contributed by atoms with Crippen LogP contribution in [0.4, 0.5) is 4.39 Å². The Morgan fingerprint density at radius 2 is 1.93 bits per heavy atom. The molecule has 0 bridgehead atoms. The Hall–Kier alpha value is -0.940. The number of likely N-dealkylation sites (N-methyl/N-ethyl adjacent to an activating group) is 1. The van der Waals surface area contributed by atoms with Crippen molar-refractivity contribution in [3.8, 4) is 0 Å². The predicted octanol–water partition coefficient (Wildman–Crippen LogP) is 2.92. The molecule has 9 heteroatoms. The zero-order valence-corrected chi connectivity index (χ0v) is 20.7. The molecular weight excluding hydrogens is 506 g/mol. The van der Waals surface area contributed by atoms with Crippen LogP contribution in [-0.4, -0.2) is 58.3 Å². The van der Waals surface area contributed by atoms with E-state index in [1.54, 1.807) is 0 Å². The van der Waals surface area contributed by atoms with Gasteiger partial charge in [-0.15, -0.1) is 24.0 Å². The lowest BCUT2D eigenvalue weighted by atomic mass is 10.1. The van der Waals surface area contributed by atoms with Gasteiger partial charge in [0.05, 0.1) is 12.3 Å². The fourth-order valence-electron chi connectivity index (χ4n) is 3.55. The van der Waals surface area contributed by atoms with Crippen LogP contribution in [0.5, 0.6) is 0 Å². The average molecular weight is 540 g/mol. The number of hydrogen-bond acceptors (Lipinski definition) is 4. The van der Waals surface area contributed by atoms with Crippen LogP contribution >= 0.6 is 24.0 Å². The molecule has 0 unspecified atom stereocenters. The van der Waals surface area contributed by atoms with Crippen molar-refractivity contribution in [2.24, 2.45) is 4.99 Å². The fourth-order valence-corrected chi connectivity index (χ4v) is 4.40. The number of hydrogen-bond donors (Lipinski definition) is 2. The van der Waals surface area contributed by atoms with Crippen LogP contribution in [0.1, 0.15) is 43.7 Å². The van der Waals surface area contributed by atoms with Gasteiger partial charge < -0.3 is 15.5 Å². The quantitative estimate of drug-likeness (QED) is 0.287. The number of aliphatic imine (C=N–C) groups is 1. The third-order valence-corrected chi connectivity index (χ3v) is 5.88. The number of guanidine groups is 1. The minimum atomic E-state index is -3.20. The number of nitrogens with one attached hydrogen (secondary N) is 2. The molecule has 0 heterocycles. The molecule has 0 aliphatic heterocycles. The average Bonchev–Trinajstić information content (AvgIpc) is 3.15. The summed E-state index contributed by atoms with van der Waals surface area (Å²) in [6.45, 7) is 4.60. The van der Waals surface area contributed by atoms with E-state index in [-0.39, 0.29) is 36.3 Å². The summed E-state index contributed by atoms with van der Waals surface area (Å²) in [6, 6.07) is 4.85. The monoisotopic (exact) mass is 540 g/mol. The summed E-state index contributed by atoms with van der Waals surface area (Å²) in [7, 11) is -1.04. The first kappa shape index (κ1) is 26.1. The Kier molecular flexibility index (Phi) is 11.4. The van der Waals surface area contributed by atoms with E-state index in [2.05, 4.69) is 27.6 Å². The topological polar surface area (TPSA) is 73.8 Å². The summed E-state index contributed by atoms with van der Waals surface area (Å²) in [5.41, 5.74) is 1.18. The first-order valence-electron chi connectivity index (χ1n) is 9.96. The zero-order chi connectivity index (χ0) is 20.6. The fraction of sp³-hybridized carbons (Fsp3) is 0.650. The third-order valence-electron chi connectivity index (χ3n) is 5.04. The Morgan fingerprint density at radius 3 is 2.55 bits per heavy atom. The van der Waals surface area contributed by atoms with E-state index < -0.39 is 15.7 Å². The number of sulfone groups is 1. The van der Waals surface area contributed by atoms with Crippen molar-refractivity contribution in [2.45, 2.75) is 50.9 Å². The van der Waals surface area contributed by atoms with Gasteiger partial charge in [-0.05, 0) is 50.1 Å². The van der Waals surface area contributed by atoms with E-state index in [1.807, 2.05) is 6.92 Å². The highest BCUT2D eigenvalue weighted by molar-refractivity contribution is 14.0. The molecule has 2 N–H and O–H groups in total. The molecule has 0 amide bonds. The molecule has 0 radical (unpaired) electrons. The van der Waals surface area contributed by atoms with Crippen molar-refractivity contribution >= 4 is 39.8 Å². The second kappa shape index (κ2) is 12.7. The van der Waals surface area contributed by atoms with Gasteiger partial charge in [-0.25, -0.2) is 17.8 Å². The lowest BCUT2D eigenvalue weighted by Crippen LogP contribution is -2.42. The summed E-state index contributed by atoms with van der Waals surface area (Å²) in [5.74, 6) is 0.143. The van der Waals surface area contributed by atoms with E-state index in [1.165, 1.54) is 50.1 Å². The maximum absolute atomic E-state index is 13.7. The van der Waals surface area contributed by atoms with Crippen molar-refractivity contribution in [1.29, 1.82) is 0 Å². The molecule has 6 nitrogen and oxygen atoms in total. The van der Waals surface area contributed by atoms with Gasteiger partial charge in [-0.2, -0.15) is 0 Å². The van der Waals surface area contributed by atoms with Crippen molar-refractivity contribution in [1.82, 2.24) is 15.5 Å². The van der Waals surface area contributed by atoms with Crippen molar-refractivity contribution in [3.63, 3.8) is 0 Å². The molecule has 0 atom stereocenters. The molecule has 1 saturated carbocycles. The molecule has 0 spiro atoms. The Labute approximate surface area is 191 Å². The summed E-state index contributed by atoms with van der Waals surface area (Å²) in [4.78, 5) is 6.91. The molecule has 0 saturated heterocycles. The van der Waals surface area contributed by atoms with E-state index in [0.29, 0.717) is 29.7 Å². The molecule has 1 aromatic carbocycles. The second-order valence-corrected chi connectivity index (χ2v) is 9.66. The van der Waals surface area contributed by atoms with Crippen molar-refractivity contribution in [2.75, 3.05) is 32.9 Å². The molecule has 1 fully saturated rings. The molecule has 29 heavy (non-hydrogen) atoms. The van der Waals surface area contributed by atoms with E-state index in [4.69, 9.17) is 0 Å². The first-order valence-corrected chi connectivity index (χ1v) is 12.0. The number of benzene rings is 1. The van der Waals surface area contributed by atoms with Gasteiger partial charge in [0, 0.05) is 31.9 Å². The maximum Gasteiger partial charge on any atom is 0.191 e. The SMILES string of the molecule is CCNC(=NCc1cc(F)ccc1CS(C)(=O)=O)NCCN(C)C1CCCC1.I. The van der Waals surface area contributed by atoms with Gasteiger partial charge in [0.25, 0.3) is 0 Å². The number of rotatable bonds is 9. The normalized spacial score (nSPS) is 15.4.